The van der Waals surface area contributed by atoms with E-state index in [0.717, 1.165) is 12.1 Å². The first kappa shape index (κ1) is 19.1. The van der Waals surface area contributed by atoms with Gasteiger partial charge in [-0.3, -0.25) is 9.59 Å². The van der Waals surface area contributed by atoms with Crippen LogP contribution in [0.5, 0.6) is 0 Å². The van der Waals surface area contributed by atoms with Crippen molar-refractivity contribution in [3.63, 3.8) is 0 Å². The van der Waals surface area contributed by atoms with E-state index in [1.165, 1.54) is 19.1 Å². The van der Waals surface area contributed by atoms with E-state index in [0.29, 0.717) is 17.1 Å². The summed E-state index contributed by atoms with van der Waals surface area (Å²) in [6, 6.07) is 11.2. The molecule has 0 fully saturated rings. The van der Waals surface area contributed by atoms with E-state index in [4.69, 9.17) is 0 Å². The van der Waals surface area contributed by atoms with Crippen LogP contribution in [0.25, 0.3) is 0 Å². The van der Waals surface area contributed by atoms with Crippen LogP contribution in [0.1, 0.15) is 33.6 Å². The number of amides is 1. The van der Waals surface area contributed by atoms with E-state index >= 15 is 0 Å². The smallest absolute Gasteiger partial charge is 0.274 e. The number of nitrogens with zero attached hydrogens (tertiary/aromatic N) is 2. The first-order chi connectivity index (χ1) is 13.3. The lowest BCUT2D eigenvalue weighted by Gasteiger charge is -2.10. The van der Waals surface area contributed by atoms with E-state index in [1.54, 1.807) is 31.2 Å². The number of hydrogen-bond acceptors (Lipinski definition) is 5. The minimum atomic E-state index is -1.00. The number of nitrogens with one attached hydrogen (secondary N) is 2. The Bertz CT molecular complexity index is 1070. The van der Waals surface area contributed by atoms with Gasteiger partial charge in [0, 0.05) is 29.1 Å². The second kappa shape index (κ2) is 7.91. The molecular weight excluding hydrogens is 366 g/mol. The molecule has 1 aromatic heterocycles. The number of hydrogen-bond donors (Lipinski definition) is 2. The molecule has 1 amide bonds. The van der Waals surface area contributed by atoms with Gasteiger partial charge in [0.15, 0.2) is 17.4 Å². The topological polar surface area (TPSA) is 84.0 Å². The number of rotatable bonds is 5. The Kier molecular flexibility index (Phi) is 5.39. The molecule has 6 nitrogen and oxygen atoms in total. The number of anilines is 3. The zero-order chi connectivity index (χ0) is 20.3. The lowest BCUT2D eigenvalue weighted by Crippen LogP contribution is -2.15. The Morgan fingerprint density at radius 1 is 0.929 bits per heavy atom. The Hall–Kier alpha value is -3.68. The van der Waals surface area contributed by atoms with Crippen LogP contribution < -0.4 is 10.6 Å². The van der Waals surface area contributed by atoms with Crippen LogP contribution in [0.3, 0.4) is 0 Å². The van der Waals surface area contributed by atoms with E-state index < -0.39 is 17.5 Å². The molecule has 2 N–H and O–H groups in total. The molecule has 0 aliphatic carbocycles. The lowest BCUT2D eigenvalue weighted by molar-refractivity contribution is 0.100. The Balaban J connectivity index is 1.82. The first-order valence-corrected chi connectivity index (χ1v) is 8.32. The normalized spacial score (nSPS) is 10.4. The standard InChI is InChI=1S/C20H16F2N4O2/c1-11(27)13-4-3-5-14(8-13)26-20(28)18-10-19(24-12(2)23-18)25-15-6-7-16(21)17(22)9-15/h3-10H,1-2H3,(H,26,28)(H,23,24,25). The van der Waals surface area contributed by atoms with Crippen molar-refractivity contribution in [1.82, 2.24) is 9.97 Å². The number of benzene rings is 2. The highest BCUT2D eigenvalue weighted by Crippen LogP contribution is 2.19. The predicted molar refractivity (Wildman–Crippen MR) is 101 cm³/mol. The summed E-state index contributed by atoms with van der Waals surface area (Å²) in [5.41, 5.74) is 1.27. The molecule has 0 aliphatic rings. The fourth-order valence-electron chi connectivity index (χ4n) is 2.48. The second-order valence-electron chi connectivity index (χ2n) is 6.03. The maximum atomic E-state index is 13.4. The van der Waals surface area contributed by atoms with Gasteiger partial charge >= 0.3 is 0 Å². The third-order valence-electron chi connectivity index (χ3n) is 3.79. The van der Waals surface area contributed by atoms with E-state index in [1.807, 2.05) is 0 Å². The van der Waals surface area contributed by atoms with Crippen molar-refractivity contribution >= 4 is 28.9 Å². The second-order valence-corrected chi connectivity index (χ2v) is 6.03. The fraction of sp³-hybridized carbons (Fsp3) is 0.100. The van der Waals surface area contributed by atoms with E-state index in [-0.39, 0.29) is 23.0 Å². The summed E-state index contributed by atoms with van der Waals surface area (Å²) in [6.45, 7) is 3.04. The van der Waals surface area contributed by atoms with Crippen molar-refractivity contribution in [3.8, 4) is 0 Å². The average molecular weight is 382 g/mol. The molecular formula is C20H16F2N4O2. The summed E-state index contributed by atoms with van der Waals surface area (Å²) >= 11 is 0. The molecule has 3 aromatic rings. The van der Waals surface area contributed by atoms with Gasteiger partial charge in [-0.05, 0) is 38.1 Å². The maximum Gasteiger partial charge on any atom is 0.274 e. The van der Waals surface area contributed by atoms with Crippen LogP contribution in [0, 0.1) is 18.6 Å². The quantitative estimate of drug-likeness (QED) is 0.644. The zero-order valence-corrected chi connectivity index (χ0v) is 15.1. The van der Waals surface area contributed by atoms with Crippen LogP contribution in [0.4, 0.5) is 26.0 Å². The van der Waals surface area contributed by atoms with Crippen LogP contribution in [-0.2, 0) is 0 Å². The highest BCUT2D eigenvalue weighted by atomic mass is 19.2. The molecule has 28 heavy (non-hydrogen) atoms. The monoisotopic (exact) mass is 382 g/mol. The predicted octanol–water partition coefficient (Wildman–Crippen LogP) is 4.26. The zero-order valence-electron chi connectivity index (χ0n) is 15.1. The number of carbonyl (C=O) groups excluding carboxylic acids is 2. The third kappa shape index (κ3) is 4.53. The maximum absolute atomic E-state index is 13.4. The molecule has 1 heterocycles. The van der Waals surface area contributed by atoms with Gasteiger partial charge in [0.05, 0.1) is 0 Å². The summed E-state index contributed by atoms with van der Waals surface area (Å²) in [5.74, 6) is -2.01. The van der Waals surface area contributed by atoms with Crippen molar-refractivity contribution in [1.29, 1.82) is 0 Å². The van der Waals surface area contributed by atoms with Crippen molar-refractivity contribution in [2.24, 2.45) is 0 Å². The Morgan fingerprint density at radius 3 is 2.43 bits per heavy atom. The minimum Gasteiger partial charge on any atom is -0.340 e. The van der Waals surface area contributed by atoms with Gasteiger partial charge in [0.25, 0.3) is 5.91 Å². The molecule has 8 heteroatoms. The highest BCUT2D eigenvalue weighted by molar-refractivity contribution is 6.04. The molecule has 0 bridgehead atoms. The van der Waals surface area contributed by atoms with Gasteiger partial charge in [0.1, 0.15) is 17.3 Å². The Morgan fingerprint density at radius 2 is 1.71 bits per heavy atom. The van der Waals surface area contributed by atoms with Crippen LogP contribution in [0.15, 0.2) is 48.5 Å². The first-order valence-electron chi connectivity index (χ1n) is 8.32. The van der Waals surface area contributed by atoms with Gasteiger partial charge in [-0.15, -0.1) is 0 Å². The van der Waals surface area contributed by atoms with Gasteiger partial charge in [-0.25, -0.2) is 18.7 Å². The molecule has 0 saturated carbocycles. The summed E-state index contributed by atoms with van der Waals surface area (Å²) in [5, 5.41) is 5.48. The molecule has 0 aliphatic heterocycles. The van der Waals surface area contributed by atoms with Gasteiger partial charge < -0.3 is 10.6 Å². The van der Waals surface area contributed by atoms with Crippen molar-refractivity contribution in [2.75, 3.05) is 10.6 Å². The van der Waals surface area contributed by atoms with E-state index in [2.05, 4.69) is 20.6 Å². The highest BCUT2D eigenvalue weighted by Gasteiger charge is 2.12. The lowest BCUT2D eigenvalue weighted by atomic mass is 10.1. The number of aromatic nitrogens is 2. The fourth-order valence-corrected chi connectivity index (χ4v) is 2.48. The van der Waals surface area contributed by atoms with Crippen molar-refractivity contribution in [3.05, 3.63) is 77.2 Å². The van der Waals surface area contributed by atoms with Crippen LogP contribution >= 0.6 is 0 Å². The molecule has 0 atom stereocenters. The summed E-state index contributed by atoms with van der Waals surface area (Å²) in [4.78, 5) is 32.2. The summed E-state index contributed by atoms with van der Waals surface area (Å²) in [6.07, 6.45) is 0. The SMILES string of the molecule is CC(=O)c1cccc(NC(=O)c2cc(Nc3ccc(F)c(F)c3)nc(C)n2)c1. The van der Waals surface area contributed by atoms with E-state index in [9.17, 15) is 18.4 Å². The Labute approximate surface area is 159 Å². The minimum absolute atomic E-state index is 0.0748. The molecule has 0 saturated heterocycles. The summed E-state index contributed by atoms with van der Waals surface area (Å²) < 4.78 is 26.4. The average Bonchev–Trinajstić information content (AvgIpc) is 2.64. The number of aryl methyl sites for hydroxylation is 1. The van der Waals surface area contributed by atoms with Gasteiger partial charge in [-0.1, -0.05) is 12.1 Å². The number of Topliss-reactive ketones (excluding diaryl/α,β-unsaturated/α-hetero) is 1. The van der Waals surface area contributed by atoms with Gasteiger partial charge in [-0.2, -0.15) is 0 Å². The molecule has 3 rings (SSSR count). The molecule has 2 aromatic carbocycles. The number of carbonyl (C=O) groups is 2. The third-order valence-corrected chi connectivity index (χ3v) is 3.79. The molecule has 142 valence electrons. The molecule has 0 unspecified atom stereocenters. The van der Waals surface area contributed by atoms with Crippen LogP contribution in [-0.4, -0.2) is 21.7 Å². The van der Waals surface area contributed by atoms with Gasteiger partial charge in [0.2, 0.25) is 0 Å². The summed E-state index contributed by atoms with van der Waals surface area (Å²) in [7, 11) is 0. The van der Waals surface area contributed by atoms with Crippen molar-refractivity contribution in [2.45, 2.75) is 13.8 Å². The largest absolute Gasteiger partial charge is 0.340 e. The van der Waals surface area contributed by atoms with Crippen LogP contribution in [0.2, 0.25) is 0 Å². The number of ketones is 1. The van der Waals surface area contributed by atoms with Crippen molar-refractivity contribution < 1.29 is 18.4 Å². The molecule has 0 radical (unpaired) electrons. The molecule has 0 spiro atoms. The number of halogens is 2.